The van der Waals surface area contributed by atoms with E-state index >= 15 is 0 Å². The third-order valence-corrected chi connectivity index (χ3v) is 3.95. The normalized spacial score (nSPS) is 10.5. The van der Waals surface area contributed by atoms with Gasteiger partial charge in [-0.1, -0.05) is 35.4 Å². The smallest absolute Gasteiger partial charge is 0.0279 e. The molecule has 0 radical (unpaired) electrons. The molecule has 1 aromatic rings. The number of hydrogen-bond donors (Lipinski definition) is 0. The fraction of sp³-hybridized carbons (Fsp3) is 0.375. The second kappa shape index (κ2) is 4.67. The molecular weight excluding hydrogens is 174 g/mol. The zero-order valence-electron chi connectivity index (χ0n) is 6.65. The molecule has 0 atom stereocenters. The molecule has 0 unspecified atom stereocenters. The van der Waals surface area contributed by atoms with Crippen LogP contribution in [0.1, 0.15) is 13.8 Å². The second-order valence-corrected chi connectivity index (χ2v) is 5.26. The Morgan fingerprint density at radius 2 is 1.91 bits per heavy atom. The molecule has 0 saturated heterocycles. The molecule has 1 aromatic heterocycles. The van der Waals surface area contributed by atoms with E-state index < -0.39 is 0 Å². The highest BCUT2D eigenvalue weighted by Crippen LogP contribution is 2.33. The van der Waals surface area contributed by atoms with E-state index in [1.54, 1.807) is 10.8 Å². The SMILES string of the molecule is CC(C)SSc1ccncc1. The molecule has 0 fully saturated rings. The minimum Gasteiger partial charge on any atom is -0.265 e. The predicted octanol–water partition coefficient (Wildman–Crippen LogP) is 3.23. The quantitative estimate of drug-likeness (QED) is 0.671. The molecule has 0 saturated carbocycles. The summed E-state index contributed by atoms with van der Waals surface area (Å²) in [6.07, 6.45) is 3.65. The van der Waals surface area contributed by atoms with Gasteiger partial charge in [0.25, 0.3) is 0 Å². The highest BCUT2D eigenvalue weighted by molar-refractivity contribution is 8.76. The highest BCUT2D eigenvalue weighted by atomic mass is 33.1. The van der Waals surface area contributed by atoms with Crippen molar-refractivity contribution in [3.8, 4) is 0 Å². The van der Waals surface area contributed by atoms with Crippen molar-refractivity contribution < 1.29 is 0 Å². The first-order chi connectivity index (χ1) is 5.29. The topological polar surface area (TPSA) is 12.9 Å². The van der Waals surface area contributed by atoms with E-state index in [-0.39, 0.29) is 0 Å². The average Bonchev–Trinajstić information content (AvgIpc) is 2.03. The Labute approximate surface area is 75.4 Å². The summed E-state index contributed by atoms with van der Waals surface area (Å²) in [5.74, 6) is 0. The molecule has 0 amide bonds. The van der Waals surface area contributed by atoms with Crippen molar-refractivity contribution >= 4 is 21.6 Å². The summed E-state index contributed by atoms with van der Waals surface area (Å²) in [6.45, 7) is 4.39. The van der Waals surface area contributed by atoms with Gasteiger partial charge in [-0.3, -0.25) is 4.98 Å². The average molecular weight is 185 g/mol. The van der Waals surface area contributed by atoms with E-state index in [4.69, 9.17) is 0 Å². The Kier molecular flexibility index (Phi) is 3.80. The number of hydrogen-bond acceptors (Lipinski definition) is 3. The van der Waals surface area contributed by atoms with Crippen molar-refractivity contribution in [2.45, 2.75) is 24.0 Å². The van der Waals surface area contributed by atoms with Crippen molar-refractivity contribution in [2.75, 3.05) is 0 Å². The third kappa shape index (κ3) is 3.68. The number of rotatable bonds is 3. The van der Waals surface area contributed by atoms with Gasteiger partial charge in [0.05, 0.1) is 0 Å². The van der Waals surface area contributed by atoms with Gasteiger partial charge in [-0.15, -0.1) is 0 Å². The Bertz CT molecular complexity index is 199. The first kappa shape index (κ1) is 8.94. The van der Waals surface area contributed by atoms with Gasteiger partial charge in [0, 0.05) is 22.5 Å². The summed E-state index contributed by atoms with van der Waals surface area (Å²) >= 11 is 0. The van der Waals surface area contributed by atoms with Crippen molar-refractivity contribution in [2.24, 2.45) is 0 Å². The third-order valence-electron chi connectivity index (χ3n) is 0.987. The molecule has 0 aliphatic carbocycles. The van der Waals surface area contributed by atoms with Gasteiger partial charge >= 0.3 is 0 Å². The maximum atomic E-state index is 3.95. The molecule has 1 nitrogen and oxygen atoms in total. The second-order valence-electron chi connectivity index (χ2n) is 2.41. The minimum absolute atomic E-state index is 0.674. The first-order valence-electron chi connectivity index (χ1n) is 3.52. The van der Waals surface area contributed by atoms with Crippen LogP contribution in [0.25, 0.3) is 0 Å². The Morgan fingerprint density at radius 1 is 1.27 bits per heavy atom. The summed E-state index contributed by atoms with van der Waals surface area (Å²) < 4.78 is 0. The van der Waals surface area contributed by atoms with Crippen LogP contribution >= 0.6 is 21.6 Å². The molecule has 3 heteroatoms. The number of nitrogens with zero attached hydrogens (tertiary/aromatic N) is 1. The van der Waals surface area contributed by atoms with Crippen LogP contribution in [-0.4, -0.2) is 10.2 Å². The van der Waals surface area contributed by atoms with Crippen LogP contribution < -0.4 is 0 Å². The van der Waals surface area contributed by atoms with Gasteiger partial charge in [0.2, 0.25) is 0 Å². The monoisotopic (exact) mass is 185 g/mol. The van der Waals surface area contributed by atoms with Crippen LogP contribution in [0.5, 0.6) is 0 Å². The number of pyridine rings is 1. The molecule has 0 aliphatic rings. The molecule has 0 aliphatic heterocycles. The Hall–Kier alpha value is -0.150. The van der Waals surface area contributed by atoms with Crippen LogP contribution in [0.4, 0.5) is 0 Å². The van der Waals surface area contributed by atoms with E-state index in [2.05, 4.69) is 18.8 Å². The van der Waals surface area contributed by atoms with E-state index in [0.29, 0.717) is 5.25 Å². The predicted molar refractivity (Wildman–Crippen MR) is 52.8 cm³/mol. The van der Waals surface area contributed by atoms with Gasteiger partial charge < -0.3 is 0 Å². The molecule has 11 heavy (non-hydrogen) atoms. The zero-order chi connectivity index (χ0) is 8.10. The highest BCUT2D eigenvalue weighted by Gasteiger charge is 1.96. The fourth-order valence-electron chi connectivity index (χ4n) is 0.546. The molecule has 0 bridgehead atoms. The molecule has 1 rings (SSSR count). The molecule has 0 aromatic carbocycles. The maximum absolute atomic E-state index is 3.95. The standard InChI is InChI=1S/C8H11NS2/c1-7(2)10-11-8-3-5-9-6-4-8/h3-7H,1-2H3. The van der Waals surface area contributed by atoms with Crippen LogP contribution in [0, 0.1) is 0 Å². The van der Waals surface area contributed by atoms with Crippen molar-refractivity contribution in [1.29, 1.82) is 0 Å². The Morgan fingerprint density at radius 3 is 2.45 bits per heavy atom. The van der Waals surface area contributed by atoms with Crippen LogP contribution in [0.2, 0.25) is 0 Å². The van der Waals surface area contributed by atoms with Gasteiger partial charge in [-0.2, -0.15) is 0 Å². The lowest BCUT2D eigenvalue weighted by molar-refractivity contribution is 1.12. The summed E-state index contributed by atoms with van der Waals surface area (Å²) in [4.78, 5) is 5.23. The summed E-state index contributed by atoms with van der Waals surface area (Å²) in [5.41, 5.74) is 0. The van der Waals surface area contributed by atoms with Gasteiger partial charge in [-0.05, 0) is 12.1 Å². The molecular formula is C8H11NS2. The van der Waals surface area contributed by atoms with Gasteiger partial charge in [0.1, 0.15) is 0 Å². The van der Waals surface area contributed by atoms with Crippen LogP contribution in [0.3, 0.4) is 0 Å². The van der Waals surface area contributed by atoms with E-state index in [0.717, 1.165) is 0 Å². The van der Waals surface area contributed by atoms with Crippen molar-refractivity contribution in [1.82, 2.24) is 4.98 Å². The van der Waals surface area contributed by atoms with Crippen LogP contribution in [0.15, 0.2) is 29.4 Å². The van der Waals surface area contributed by atoms with E-state index in [1.807, 2.05) is 35.3 Å². The number of aromatic nitrogens is 1. The van der Waals surface area contributed by atoms with Gasteiger partial charge in [-0.25, -0.2) is 0 Å². The molecule has 60 valence electrons. The minimum atomic E-state index is 0.674. The summed E-state index contributed by atoms with van der Waals surface area (Å²) in [6, 6.07) is 4.06. The molecule has 0 spiro atoms. The van der Waals surface area contributed by atoms with Crippen molar-refractivity contribution in [3.63, 3.8) is 0 Å². The lowest BCUT2D eigenvalue weighted by atomic mass is 10.5. The van der Waals surface area contributed by atoms with E-state index in [9.17, 15) is 0 Å². The fourth-order valence-corrected chi connectivity index (χ4v) is 2.33. The molecule has 0 N–H and O–H groups in total. The van der Waals surface area contributed by atoms with Crippen molar-refractivity contribution in [3.05, 3.63) is 24.5 Å². The Balaban J connectivity index is 2.39. The molecule has 1 heterocycles. The van der Waals surface area contributed by atoms with E-state index in [1.165, 1.54) is 4.90 Å². The van der Waals surface area contributed by atoms with Gasteiger partial charge in [0.15, 0.2) is 0 Å². The zero-order valence-corrected chi connectivity index (χ0v) is 8.28. The largest absolute Gasteiger partial charge is 0.265 e. The summed E-state index contributed by atoms with van der Waals surface area (Å²) in [7, 11) is 3.68. The lowest BCUT2D eigenvalue weighted by Crippen LogP contribution is -1.80. The maximum Gasteiger partial charge on any atom is 0.0279 e. The first-order valence-corrected chi connectivity index (χ1v) is 5.73. The lowest BCUT2D eigenvalue weighted by Gasteiger charge is -2.01. The summed E-state index contributed by atoms with van der Waals surface area (Å²) in [5, 5.41) is 0.674. The van der Waals surface area contributed by atoms with Crippen LogP contribution in [-0.2, 0) is 0 Å².